The fourth-order valence-corrected chi connectivity index (χ4v) is 3.25. The molecule has 2 heterocycles. The van der Waals surface area contributed by atoms with Crippen molar-refractivity contribution in [3.05, 3.63) is 22.4 Å². The first-order chi connectivity index (χ1) is 7.75. The van der Waals surface area contributed by atoms with Crippen molar-refractivity contribution in [1.82, 2.24) is 10.6 Å². The molecule has 3 atom stereocenters. The Morgan fingerprint density at radius 2 is 2.44 bits per heavy atom. The van der Waals surface area contributed by atoms with Gasteiger partial charge in [0.15, 0.2) is 0 Å². The standard InChI is InChI=1S/C13H22N2S/c1-10(8-13-4-3-6-14-13)15-11(2)12-5-7-16-9-12/h5,7,9-11,13-15H,3-4,6,8H2,1-2H3. The van der Waals surface area contributed by atoms with Gasteiger partial charge in [0.05, 0.1) is 0 Å². The average Bonchev–Trinajstić information content (AvgIpc) is 2.88. The van der Waals surface area contributed by atoms with Gasteiger partial charge in [-0.2, -0.15) is 11.3 Å². The monoisotopic (exact) mass is 238 g/mol. The lowest BCUT2D eigenvalue weighted by Gasteiger charge is -2.22. The van der Waals surface area contributed by atoms with Gasteiger partial charge < -0.3 is 10.6 Å². The van der Waals surface area contributed by atoms with Gasteiger partial charge in [-0.25, -0.2) is 0 Å². The van der Waals surface area contributed by atoms with E-state index >= 15 is 0 Å². The minimum absolute atomic E-state index is 0.475. The van der Waals surface area contributed by atoms with Crippen LogP contribution in [0.15, 0.2) is 16.8 Å². The van der Waals surface area contributed by atoms with Gasteiger partial charge in [0.25, 0.3) is 0 Å². The molecule has 0 amide bonds. The highest BCUT2D eigenvalue weighted by atomic mass is 32.1. The van der Waals surface area contributed by atoms with Gasteiger partial charge in [-0.1, -0.05) is 0 Å². The molecule has 0 radical (unpaired) electrons. The van der Waals surface area contributed by atoms with Crippen molar-refractivity contribution >= 4 is 11.3 Å². The van der Waals surface area contributed by atoms with Crippen LogP contribution in [0.2, 0.25) is 0 Å². The minimum Gasteiger partial charge on any atom is -0.314 e. The van der Waals surface area contributed by atoms with Gasteiger partial charge >= 0.3 is 0 Å². The summed E-state index contributed by atoms with van der Waals surface area (Å²) in [4.78, 5) is 0. The van der Waals surface area contributed by atoms with Crippen LogP contribution in [0, 0.1) is 0 Å². The smallest absolute Gasteiger partial charge is 0.0302 e. The van der Waals surface area contributed by atoms with Gasteiger partial charge in [0.2, 0.25) is 0 Å². The summed E-state index contributed by atoms with van der Waals surface area (Å²) in [5.41, 5.74) is 1.41. The Labute approximate surface area is 102 Å². The predicted octanol–water partition coefficient (Wildman–Crippen LogP) is 2.93. The largest absolute Gasteiger partial charge is 0.314 e. The Morgan fingerprint density at radius 3 is 3.06 bits per heavy atom. The first-order valence-corrected chi connectivity index (χ1v) is 7.21. The lowest BCUT2D eigenvalue weighted by atomic mass is 10.1. The zero-order chi connectivity index (χ0) is 11.4. The van der Waals surface area contributed by atoms with Crippen LogP contribution in [0.4, 0.5) is 0 Å². The normalized spacial score (nSPS) is 24.5. The van der Waals surface area contributed by atoms with Crippen molar-refractivity contribution in [2.45, 2.75) is 51.2 Å². The fraction of sp³-hybridized carbons (Fsp3) is 0.692. The molecule has 3 heteroatoms. The molecule has 0 aliphatic carbocycles. The number of rotatable bonds is 5. The highest BCUT2D eigenvalue weighted by Crippen LogP contribution is 2.18. The van der Waals surface area contributed by atoms with E-state index in [1.54, 1.807) is 11.3 Å². The van der Waals surface area contributed by atoms with Crippen LogP contribution in [0.5, 0.6) is 0 Å². The van der Waals surface area contributed by atoms with Crippen molar-refractivity contribution in [2.75, 3.05) is 6.54 Å². The summed E-state index contributed by atoms with van der Waals surface area (Å²) in [6, 6.07) is 4.01. The van der Waals surface area contributed by atoms with E-state index < -0.39 is 0 Å². The van der Waals surface area contributed by atoms with E-state index in [-0.39, 0.29) is 0 Å². The van der Waals surface area contributed by atoms with E-state index in [9.17, 15) is 0 Å². The molecule has 2 rings (SSSR count). The summed E-state index contributed by atoms with van der Waals surface area (Å²) in [6.07, 6.45) is 3.94. The Morgan fingerprint density at radius 1 is 1.56 bits per heavy atom. The molecule has 2 nitrogen and oxygen atoms in total. The summed E-state index contributed by atoms with van der Waals surface area (Å²) >= 11 is 1.78. The maximum absolute atomic E-state index is 3.68. The Bertz CT molecular complexity index is 291. The van der Waals surface area contributed by atoms with Crippen molar-refractivity contribution in [2.24, 2.45) is 0 Å². The fourth-order valence-electron chi connectivity index (χ4n) is 2.50. The third-order valence-corrected chi connectivity index (χ3v) is 4.08. The van der Waals surface area contributed by atoms with Crippen LogP contribution >= 0.6 is 11.3 Å². The Balaban J connectivity index is 1.75. The quantitative estimate of drug-likeness (QED) is 0.824. The summed E-state index contributed by atoms with van der Waals surface area (Å²) in [6.45, 7) is 5.75. The lowest BCUT2D eigenvalue weighted by Crippen LogP contribution is -2.35. The van der Waals surface area contributed by atoms with E-state index in [0.29, 0.717) is 12.1 Å². The molecule has 1 aromatic rings. The number of thiophene rings is 1. The zero-order valence-electron chi connectivity index (χ0n) is 10.2. The molecule has 0 bridgehead atoms. The second-order valence-electron chi connectivity index (χ2n) is 4.88. The average molecular weight is 238 g/mol. The molecule has 3 unspecified atom stereocenters. The molecular formula is C13H22N2S. The molecule has 2 N–H and O–H groups in total. The molecule has 16 heavy (non-hydrogen) atoms. The zero-order valence-corrected chi connectivity index (χ0v) is 11.0. The molecule has 1 saturated heterocycles. The van der Waals surface area contributed by atoms with Crippen molar-refractivity contribution < 1.29 is 0 Å². The van der Waals surface area contributed by atoms with Crippen molar-refractivity contribution in [1.29, 1.82) is 0 Å². The van der Waals surface area contributed by atoms with Crippen LogP contribution in [-0.4, -0.2) is 18.6 Å². The third-order valence-electron chi connectivity index (χ3n) is 3.38. The SMILES string of the molecule is CC(CC1CCCN1)NC(C)c1ccsc1. The first kappa shape index (κ1) is 12.1. The summed E-state index contributed by atoms with van der Waals surface area (Å²) in [7, 11) is 0. The molecular weight excluding hydrogens is 216 g/mol. The van der Waals surface area contributed by atoms with E-state index in [4.69, 9.17) is 0 Å². The van der Waals surface area contributed by atoms with Crippen LogP contribution in [0.3, 0.4) is 0 Å². The van der Waals surface area contributed by atoms with Gasteiger partial charge in [0.1, 0.15) is 0 Å². The molecule has 90 valence electrons. The molecule has 1 fully saturated rings. The molecule has 0 saturated carbocycles. The first-order valence-electron chi connectivity index (χ1n) is 6.27. The second kappa shape index (κ2) is 5.80. The third kappa shape index (κ3) is 3.30. The molecule has 0 spiro atoms. The Hall–Kier alpha value is -0.380. The predicted molar refractivity (Wildman–Crippen MR) is 71.0 cm³/mol. The topological polar surface area (TPSA) is 24.1 Å². The van der Waals surface area contributed by atoms with Gasteiger partial charge in [-0.3, -0.25) is 0 Å². The van der Waals surface area contributed by atoms with Crippen LogP contribution in [0.1, 0.15) is 44.7 Å². The maximum atomic E-state index is 3.68. The van der Waals surface area contributed by atoms with Crippen molar-refractivity contribution in [3.8, 4) is 0 Å². The van der Waals surface area contributed by atoms with E-state index in [0.717, 1.165) is 6.04 Å². The summed E-state index contributed by atoms with van der Waals surface area (Å²) in [5, 5.41) is 11.6. The lowest BCUT2D eigenvalue weighted by molar-refractivity contribution is 0.408. The van der Waals surface area contributed by atoms with E-state index in [1.165, 1.54) is 31.4 Å². The molecule has 1 aliphatic heterocycles. The van der Waals surface area contributed by atoms with E-state index in [2.05, 4.69) is 41.3 Å². The van der Waals surface area contributed by atoms with E-state index in [1.807, 2.05) is 0 Å². The summed E-state index contributed by atoms with van der Waals surface area (Å²) in [5.74, 6) is 0. The minimum atomic E-state index is 0.475. The second-order valence-corrected chi connectivity index (χ2v) is 5.66. The van der Waals surface area contributed by atoms with Crippen molar-refractivity contribution in [3.63, 3.8) is 0 Å². The molecule has 1 aliphatic rings. The number of nitrogens with one attached hydrogen (secondary N) is 2. The van der Waals surface area contributed by atoms with Crippen LogP contribution in [0.25, 0.3) is 0 Å². The Kier molecular flexibility index (Phi) is 4.38. The summed E-state index contributed by atoms with van der Waals surface area (Å²) < 4.78 is 0. The van der Waals surface area contributed by atoms with Gasteiger partial charge in [0, 0.05) is 18.1 Å². The number of hydrogen-bond donors (Lipinski definition) is 2. The highest BCUT2D eigenvalue weighted by molar-refractivity contribution is 7.07. The highest BCUT2D eigenvalue weighted by Gasteiger charge is 2.18. The maximum Gasteiger partial charge on any atom is 0.0302 e. The molecule has 0 aromatic carbocycles. The molecule has 1 aromatic heterocycles. The van der Waals surface area contributed by atoms with Gasteiger partial charge in [-0.05, 0) is 62.0 Å². The van der Waals surface area contributed by atoms with Gasteiger partial charge in [-0.15, -0.1) is 0 Å². The number of hydrogen-bond acceptors (Lipinski definition) is 3. The van der Waals surface area contributed by atoms with Crippen LogP contribution in [-0.2, 0) is 0 Å². The van der Waals surface area contributed by atoms with Crippen LogP contribution < -0.4 is 10.6 Å².